The van der Waals surface area contributed by atoms with E-state index in [4.69, 9.17) is 0 Å². The Morgan fingerprint density at radius 1 is 1.41 bits per heavy atom. The third-order valence-corrected chi connectivity index (χ3v) is 2.98. The fourth-order valence-electron chi connectivity index (χ4n) is 2.04. The van der Waals surface area contributed by atoms with E-state index in [0.29, 0.717) is 12.8 Å². The largest absolute Gasteiger partial charge is 0.469 e. The van der Waals surface area contributed by atoms with Crippen molar-refractivity contribution in [3.05, 3.63) is 29.4 Å². The molecular weight excluding hydrogens is 216 g/mol. The standard InChI is InChI=1S/C13H18N2O2/c1-17-13(16)9-8-12-14-10-6-4-2-3-5-7-11(10)15-12/h2-3H,4-9H2,1H3,(H,14,15)/b3-2+. The zero-order valence-corrected chi connectivity index (χ0v) is 10.2. The van der Waals surface area contributed by atoms with Gasteiger partial charge >= 0.3 is 5.97 Å². The number of aromatic amines is 1. The number of aryl methyl sites for hydroxylation is 3. The van der Waals surface area contributed by atoms with Crippen LogP contribution in [0.1, 0.15) is 36.5 Å². The fraction of sp³-hybridized carbons (Fsp3) is 0.538. The number of fused-ring (bicyclic) bond motifs is 1. The zero-order valence-electron chi connectivity index (χ0n) is 10.2. The van der Waals surface area contributed by atoms with Gasteiger partial charge in [-0.3, -0.25) is 4.79 Å². The summed E-state index contributed by atoms with van der Waals surface area (Å²) in [5.74, 6) is 0.720. The van der Waals surface area contributed by atoms with Crippen LogP contribution in [0.4, 0.5) is 0 Å². The summed E-state index contributed by atoms with van der Waals surface area (Å²) >= 11 is 0. The van der Waals surface area contributed by atoms with Crippen LogP contribution in [0.5, 0.6) is 0 Å². The lowest BCUT2D eigenvalue weighted by Crippen LogP contribution is -2.02. The van der Waals surface area contributed by atoms with Gasteiger partial charge in [0.05, 0.1) is 19.2 Å². The van der Waals surface area contributed by atoms with Crippen LogP contribution >= 0.6 is 0 Å². The van der Waals surface area contributed by atoms with E-state index in [9.17, 15) is 4.79 Å². The van der Waals surface area contributed by atoms with Crippen LogP contribution in [-0.2, 0) is 28.8 Å². The molecule has 0 spiro atoms. The zero-order chi connectivity index (χ0) is 12.1. The topological polar surface area (TPSA) is 55.0 Å². The third kappa shape index (κ3) is 3.19. The van der Waals surface area contributed by atoms with E-state index in [1.54, 1.807) is 0 Å². The second-order valence-corrected chi connectivity index (χ2v) is 4.23. The number of esters is 1. The molecule has 4 nitrogen and oxygen atoms in total. The summed E-state index contributed by atoms with van der Waals surface area (Å²) in [6, 6.07) is 0. The summed E-state index contributed by atoms with van der Waals surface area (Å²) in [7, 11) is 1.41. The predicted molar refractivity (Wildman–Crippen MR) is 64.7 cm³/mol. The van der Waals surface area contributed by atoms with Gasteiger partial charge in [0.2, 0.25) is 0 Å². The molecule has 0 bridgehead atoms. The van der Waals surface area contributed by atoms with Gasteiger partial charge in [0, 0.05) is 12.1 Å². The van der Waals surface area contributed by atoms with Gasteiger partial charge in [0.1, 0.15) is 5.82 Å². The summed E-state index contributed by atoms with van der Waals surface area (Å²) in [5, 5.41) is 0. The molecule has 0 saturated carbocycles. The van der Waals surface area contributed by atoms with E-state index in [0.717, 1.165) is 37.2 Å². The van der Waals surface area contributed by atoms with Crippen LogP contribution < -0.4 is 0 Å². The Kier molecular flexibility index (Phi) is 3.96. The molecule has 1 heterocycles. The molecule has 2 rings (SSSR count). The maximum atomic E-state index is 11.1. The highest BCUT2D eigenvalue weighted by Crippen LogP contribution is 2.15. The summed E-state index contributed by atoms with van der Waals surface area (Å²) in [4.78, 5) is 19.0. The molecule has 0 fully saturated rings. The van der Waals surface area contributed by atoms with Crippen LogP contribution in [0.15, 0.2) is 12.2 Å². The molecule has 0 saturated heterocycles. The molecule has 17 heavy (non-hydrogen) atoms. The van der Waals surface area contributed by atoms with E-state index in [1.807, 2.05) is 0 Å². The number of carbonyl (C=O) groups is 1. The molecule has 1 aromatic rings. The number of methoxy groups -OCH3 is 1. The first-order valence-electron chi connectivity index (χ1n) is 6.08. The lowest BCUT2D eigenvalue weighted by molar-refractivity contribution is -0.140. The van der Waals surface area contributed by atoms with Crippen molar-refractivity contribution in [2.24, 2.45) is 0 Å². The number of hydrogen-bond acceptors (Lipinski definition) is 3. The molecule has 1 aromatic heterocycles. The Balaban J connectivity index is 2.01. The SMILES string of the molecule is COC(=O)CCc1nc2c([nH]1)CC/C=C/CC2. The smallest absolute Gasteiger partial charge is 0.305 e. The first kappa shape index (κ1) is 11.9. The molecule has 1 aliphatic rings. The van der Waals surface area contributed by atoms with Crippen LogP contribution in [0.25, 0.3) is 0 Å². The molecule has 1 aliphatic carbocycles. The number of imidazole rings is 1. The summed E-state index contributed by atoms with van der Waals surface area (Å²) in [6.45, 7) is 0. The average molecular weight is 234 g/mol. The Bertz CT molecular complexity index is 394. The number of aromatic nitrogens is 2. The van der Waals surface area contributed by atoms with Gasteiger partial charge < -0.3 is 9.72 Å². The number of ether oxygens (including phenoxy) is 1. The Hall–Kier alpha value is -1.58. The molecular formula is C13H18N2O2. The highest BCUT2D eigenvalue weighted by molar-refractivity contribution is 5.69. The molecule has 4 heteroatoms. The minimum atomic E-state index is -0.185. The van der Waals surface area contributed by atoms with E-state index in [2.05, 4.69) is 26.9 Å². The minimum Gasteiger partial charge on any atom is -0.469 e. The summed E-state index contributed by atoms with van der Waals surface area (Å²) in [5.41, 5.74) is 2.39. The third-order valence-electron chi connectivity index (χ3n) is 2.98. The predicted octanol–water partition coefficient (Wildman–Crippen LogP) is 1.95. The Labute approximate surface area is 101 Å². The van der Waals surface area contributed by atoms with Gasteiger partial charge in [-0.1, -0.05) is 12.2 Å². The average Bonchev–Trinajstić information content (AvgIpc) is 2.68. The van der Waals surface area contributed by atoms with Crippen molar-refractivity contribution in [2.45, 2.75) is 38.5 Å². The van der Waals surface area contributed by atoms with E-state index in [1.165, 1.54) is 12.8 Å². The van der Waals surface area contributed by atoms with E-state index < -0.39 is 0 Å². The maximum Gasteiger partial charge on any atom is 0.305 e. The highest BCUT2D eigenvalue weighted by atomic mass is 16.5. The first-order chi connectivity index (χ1) is 8.29. The molecule has 0 aliphatic heterocycles. The molecule has 1 N–H and O–H groups in total. The van der Waals surface area contributed by atoms with Crippen molar-refractivity contribution in [1.29, 1.82) is 0 Å². The maximum absolute atomic E-state index is 11.1. The van der Waals surface area contributed by atoms with Gasteiger partial charge in [0.15, 0.2) is 0 Å². The first-order valence-corrected chi connectivity index (χ1v) is 6.08. The number of allylic oxidation sites excluding steroid dienone is 2. The Morgan fingerprint density at radius 3 is 2.94 bits per heavy atom. The number of carbonyl (C=O) groups excluding carboxylic acids is 1. The number of hydrogen-bond donors (Lipinski definition) is 1. The van der Waals surface area contributed by atoms with Crippen LogP contribution in [0.3, 0.4) is 0 Å². The van der Waals surface area contributed by atoms with Gasteiger partial charge in [-0.25, -0.2) is 4.98 Å². The van der Waals surface area contributed by atoms with Crippen LogP contribution in [-0.4, -0.2) is 23.0 Å². The lowest BCUT2D eigenvalue weighted by atomic mass is 10.1. The molecule has 0 radical (unpaired) electrons. The van der Waals surface area contributed by atoms with Gasteiger partial charge in [-0.2, -0.15) is 0 Å². The normalized spacial score (nSPS) is 16.8. The minimum absolute atomic E-state index is 0.185. The summed E-state index contributed by atoms with van der Waals surface area (Å²) < 4.78 is 4.62. The van der Waals surface area contributed by atoms with Crippen molar-refractivity contribution in [2.75, 3.05) is 7.11 Å². The van der Waals surface area contributed by atoms with Crippen molar-refractivity contribution in [3.63, 3.8) is 0 Å². The fourth-order valence-corrected chi connectivity index (χ4v) is 2.04. The van der Waals surface area contributed by atoms with Crippen molar-refractivity contribution < 1.29 is 9.53 Å². The Morgan fingerprint density at radius 2 is 2.18 bits per heavy atom. The van der Waals surface area contributed by atoms with Crippen molar-refractivity contribution in [1.82, 2.24) is 9.97 Å². The monoisotopic (exact) mass is 234 g/mol. The van der Waals surface area contributed by atoms with Crippen LogP contribution in [0.2, 0.25) is 0 Å². The number of nitrogens with one attached hydrogen (secondary N) is 1. The van der Waals surface area contributed by atoms with Gasteiger partial charge in [-0.05, 0) is 25.7 Å². The van der Waals surface area contributed by atoms with Crippen molar-refractivity contribution in [3.8, 4) is 0 Å². The molecule has 0 amide bonds. The second kappa shape index (κ2) is 5.66. The number of nitrogens with zero attached hydrogens (tertiary/aromatic N) is 1. The van der Waals surface area contributed by atoms with E-state index >= 15 is 0 Å². The number of rotatable bonds is 3. The van der Waals surface area contributed by atoms with Gasteiger partial charge in [0.25, 0.3) is 0 Å². The quantitative estimate of drug-likeness (QED) is 0.642. The molecule has 92 valence electrons. The molecule has 0 unspecified atom stereocenters. The summed E-state index contributed by atoms with van der Waals surface area (Å²) in [6.07, 6.45) is 9.56. The highest BCUT2D eigenvalue weighted by Gasteiger charge is 2.11. The molecule has 0 atom stereocenters. The van der Waals surface area contributed by atoms with E-state index in [-0.39, 0.29) is 5.97 Å². The molecule has 0 aromatic carbocycles. The van der Waals surface area contributed by atoms with Crippen molar-refractivity contribution >= 4 is 5.97 Å². The number of H-pyrrole nitrogens is 1. The second-order valence-electron chi connectivity index (χ2n) is 4.23. The lowest BCUT2D eigenvalue weighted by Gasteiger charge is -2.02. The van der Waals surface area contributed by atoms with Gasteiger partial charge in [-0.15, -0.1) is 0 Å². The van der Waals surface area contributed by atoms with Crippen LogP contribution in [0, 0.1) is 0 Å².